The fourth-order valence-electron chi connectivity index (χ4n) is 1.79. The molecule has 3 rings (SSSR count). The fraction of sp³-hybridized carbons (Fsp3) is 0.0769. The highest BCUT2D eigenvalue weighted by atomic mass is 35.5. The number of alkyl halides is 1. The van der Waals surface area contributed by atoms with Crippen LogP contribution in [0, 0.1) is 0 Å². The number of rotatable bonds is 2. The molecule has 0 saturated heterocycles. The second-order valence-corrected chi connectivity index (χ2v) is 5.23. The first-order valence-corrected chi connectivity index (χ1v) is 6.77. The number of hydrogen-bond acceptors (Lipinski definition) is 4. The normalized spacial score (nSPS) is 12.7. The van der Waals surface area contributed by atoms with E-state index in [0.29, 0.717) is 11.6 Å². The summed E-state index contributed by atoms with van der Waals surface area (Å²) < 4.78 is 0.913. The first-order valence-electron chi connectivity index (χ1n) is 5.45. The molecule has 5 heteroatoms. The van der Waals surface area contributed by atoms with Crippen molar-refractivity contribution in [2.75, 3.05) is 5.73 Å². The summed E-state index contributed by atoms with van der Waals surface area (Å²) in [6.45, 7) is 0. The van der Waals surface area contributed by atoms with E-state index in [0.717, 1.165) is 15.8 Å². The average Bonchev–Trinajstić information content (AvgIpc) is 2.88. The van der Waals surface area contributed by atoms with Gasteiger partial charge in [-0.15, -0.1) is 22.9 Å². The third-order valence-corrected chi connectivity index (χ3v) is 4.04. The van der Waals surface area contributed by atoms with Gasteiger partial charge in [-0.25, -0.2) is 9.97 Å². The van der Waals surface area contributed by atoms with Crippen molar-refractivity contribution >= 4 is 39.0 Å². The second-order valence-electron chi connectivity index (χ2n) is 3.88. The summed E-state index contributed by atoms with van der Waals surface area (Å²) in [4.78, 5) is 8.75. The number of benzene rings is 1. The van der Waals surface area contributed by atoms with Crippen LogP contribution >= 0.6 is 22.9 Å². The van der Waals surface area contributed by atoms with Crippen molar-refractivity contribution in [1.82, 2.24) is 9.97 Å². The first-order chi connectivity index (χ1) is 8.75. The van der Waals surface area contributed by atoms with Crippen LogP contribution in [-0.2, 0) is 0 Å². The van der Waals surface area contributed by atoms with Gasteiger partial charge in [-0.05, 0) is 17.0 Å². The molecule has 0 amide bonds. The summed E-state index contributed by atoms with van der Waals surface area (Å²) in [5, 5.41) is 1.57. The molecule has 0 aliphatic rings. The molecule has 0 fully saturated rings. The molecule has 0 spiro atoms. The summed E-state index contributed by atoms with van der Waals surface area (Å²) in [5.41, 5.74) is 7.73. The Hall–Kier alpha value is -1.65. The lowest BCUT2D eigenvalue weighted by Gasteiger charge is -2.09. The SMILES string of the molecule is Nc1nc(C(Cl)c2ccccc2)nc2ccsc12. The van der Waals surface area contributed by atoms with Crippen molar-refractivity contribution in [3.63, 3.8) is 0 Å². The molecule has 0 aliphatic carbocycles. The van der Waals surface area contributed by atoms with Crippen LogP contribution in [0.2, 0.25) is 0 Å². The lowest BCUT2D eigenvalue weighted by atomic mass is 10.1. The zero-order valence-electron chi connectivity index (χ0n) is 9.38. The van der Waals surface area contributed by atoms with Crippen LogP contribution in [0.3, 0.4) is 0 Å². The van der Waals surface area contributed by atoms with Gasteiger partial charge in [-0.1, -0.05) is 30.3 Å². The quantitative estimate of drug-likeness (QED) is 0.727. The molecule has 1 aromatic carbocycles. The van der Waals surface area contributed by atoms with E-state index in [1.807, 2.05) is 41.8 Å². The number of hydrogen-bond donors (Lipinski definition) is 1. The fourth-order valence-corrected chi connectivity index (χ4v) is 2.77. The standard InChI is InChI=1S/C13H10ClN3S/c14-10(8-4-2-1-3-5-8)13-16-9-6-7-18-11(9)12(15)17-13/h1-7,10H,(H2,15,16,17). The van der Waals surface area contributed by atoms with Crippen LogP contribution in [0.1, 0.15) is 16.8 Å². The van der Waals surface area contributed by atoms with Crippen LogP contribution in [-0.4, -0.2) is 9.97 Å². The van der Waals surface area contributed by atoms with E-state index in [1.54, 1.807) is 0 Å². The van der Waals surface area contributed by atoms with Gasteiger partial charge in [0.05, 0.1) is 10.2 Å². The Labute approximate surface area is 113 Å². The van der Waals surface area contributed by atoms with E-state index in [4.69, 9.17) is 17.3 Å². The smallest absolute Gasteiger partial charge is 0.153 e. The summed E-state index contributed by atoms with van der Waals surface area (Å²) >= 11 is 7.93. The van der Waals surface area contributed by atoms with Gasteiger partial charge in [0.1, 0.15) is 11.2 Å². The zero-order valence-corrected chi connectivity index (χ0v) is 10.9. The molecule has 1 atom stereocenters. The average molecular weight is 276 g/mol. The Morgan fingerprint density at radius 3 is 2.67 bits per heavy atom. The molecule has 0 radical (unpaired) electrons. The molecule has 90 valence electrons. The van der Waals surface area contributed by atoms with E-state index in [9.17, 15) is 0 Å². The van der Waals surface area contributed by atoms with Gasteiger partial charge in [0.2, 0.25) is 0 Å². The molecule has 2 N–H and O–H groups in total. The van der Waals surface area contributed by atoms with Gasteiger partial charge >= 0.3 is 0 Å². The molecule has 0 saturated carbocycles. The highest BCUT2D eigenvalue weighted by Crippen LogP contribution is 2.30. The topological polar surface area (TPSA) is 51.8 Å². The number of fused-ring (bicyclic) bond motifs is 1. The summed E-state index contributed by atoms with van der Waals surface area (Å²) in [6.07, 6.45) is 0. The van der Waals surface area contributed by atoms with Crippen LogP contribution in [0.4, 0.5) is 5.82 Å². The second kappa shape index (κ2) is 4.55. The van der Waals surface area contributed by atoms with E-state index in [1.165, 1.54) is 11.3 Å². The minimum atomic E-state index is -0.377. The van der Waals surface area contributed by atoms with Crippen LogP contribution in [0.5, 0.6) is 0 Å². The minimum absolute atomic E-state index is 0.377. The van der Waals surface area contributed by atoms with Gasteiger partial charge in [0.25, 0.3) is 0 Å². The van der Waals surface area contributed by atoms with Crippen molar-refractivity contribution in [2.45, 2.75) is 5.38 Å². The molecule has 1 unspecified atom stereocenters. The third kappa shape index (κ3) is 1.94. The Bertz CT molecular complexity index is 681. The van der Waals surface area contributed by atoms with Crippen molar-refractivity contribution < 1.29 is 0 Å². The van der Waals surface area contributed by atoms with Gasteiger partial charge in [-0.2, -0.15) is 0 Å². The summed E-state index contributed by atoms with van der Waals surface area (Å²) in [6, 6.07) is 11.7. The molecule has 2 aromatic heterocycles. The van der Waals surface area contributed by atoms with Gasteiger partial charge < -0.3 is 5.73 Å². The highest BCUT2D eigenvalue weighted by Gasteiger charge is 2.16. The zero-order chi connectivity index (χ0) is 12.5. The predicted octanol–water partition coefficient (Wildman–Crippen LogP) is 3.60. The van der Waals surface area contributed by atoms with Crippen molar-refractivity contribution in [3.8, 4) is 0 Å². The highest BCUT2D eigenvalue weighted by molar-refractivity contribution is 7.17. The monoisotopic (exact) mass is 275 g/mol. The number of anilines is 1. The van der Waals surface area contributed by atoms with E-state index in [-0.39, 0.29) is 5.38 Å². The van der Waals surface area contributed by atoms with Crippen molar-refractivity contribution in [3.05, 3.63) is 53.2 Å². The molecular weight excluding hydrogens is 266 g/mol. The molecule has 18 heavy (non-hydrogen) atoms. The van der Waals surface area contributed by atoms with Crippen LogP contribution in [0.25, 0.3) is 10.2 Å². The van der Waals surface area contributed by atoms with Gasteiger partial charge in [0, 0.05) is 0 Å². The number of nitrogen functional groups attached to an aromatic ring is 1. The predicted molar refractivity (Wildman–Crippen MR) is 76.0 cm³/mol. The minimum Gasteiger partial charge on any atom is -0.382 e. The maximum absolute atomic E-state index is 6.39. The molecular formula is C13H10ClN3S. The molecule has 2 heterocycles. The van der Waals surface area contributed by atoms with Gasteiger partial charge in [-0.3, -0.25) is 0 Å². The van der Waals surface area contributed by atoms with Crippen molar-refractivity contribution in [2.24, 2.45) is 0 Å². The Morgan fingerprint density at radius 2 is 1.89 bits per heavy atom. The molecule has 0 aliphatic heterocycles. The number of thiophene rings is 1. The maximum Gasteiger partial charge on any atom is 0.153 e. The molecule has 3 nitrogen and oxygen atoms in total. The Balaban J connectivity index is 2.09. The maximum atomic E-state index is 6.39. The lowest BCUT2D eigenvalue weighted by Crippen LogP contribution is -2.03. The number of halogens is 1. The van der Waals surface area contributed by atoms with Crippen molar-refractivity contribution in [1.29, 1.82) is 0 Å². The van der Waals surface area contributed by atoms with E-state index < -0.39 is 0 Å². The van der Waals surface area contributed by atoms with E-state index >= 15 is 0 Å². The number of nitrogens with two attached hydrogens (primary N) is 1. The van der Waals surface area contributed by atoms with E-state index in [2.05, 4.69) is 9.97 Å². The number of nitrogens with zero attached hydrogens (tertiary/aromatic N) is 2. The van der Waals surface area contributed by atoms with Gasteiger partial charge in [0.15, 0.2) is 5.82 Å². The summed E-state index contributed by atoms with van der Waals surface area (Å²) in [5.74, 6) is 1.04. The third-order valence-electron chi connectivity index (χ3n) is 2.67. The molecule has 3 aromatic rings. The lowest BCUT2D eigenvalue weighted by molar-refractivity contribution is 0.970. The number of aromatic nitrogens is 2. The first kappa shape index (κ1) is 11.4. The Kier molecular flexibility index (Phi) is 2.89. The summed E-state index contributed by atoms with van der Waals surface area (Å²) in [7, 11) is 0. The Morgan fingerprint density at radius 1 is 1.11 bits per heavy atom. The molecule has 0 bridgehead atoms. The van der Waals surface area contributed by atoms with Crippen LogP contribution in [0.15, 0.2) is 41.8 Å². The largest absolute Gasteiger partial charge is 0.382 e. The van der Waals surface area contributed by atoms with Crippen LogP contribution < -0.4 is 5.73 Å².